The number of rotatable bonds is 6. The third kappa shape index (κ3) is 3.82. The first-order chi connectivity index (χ1) is 10.0. The number of hydrogen-bond acceptors (Lipinski definition) is 4. The molecule has 1 heterocycles. The normalized spacial score (nSPS) is 10.9. The van der Waals surface area contributed by atoms with Crippen LogP contribution < -0.4 is 4.74 Å². The number of benzene rings is 1. The van der Waals surface area contributed by atoms with Crippen molar-refractivity contribution in [2.75, 3.05) is 6.61 Å². The zero-order chi connectivity index (χ0) is 15.4. The number of thiazole rings is 1. The summed E-state index contributed by atoms with van der Waals surface area (Å²) in [4.78, 5) is 16.2. The zero-order valence-electron chi connectivity index (χ0n) is 12.4. The van der Waals surface area contributed by atoms with Gasteiger partial charge in [0.15, 0.2) is 0 Å². The van der Waals surface area contributed by atoms with Crippen molar-refractivity contribution in [3.8, 4) is 16.3 Å². The summed E-state index contributed by atoms with van der Waals surface area (Å²) in [6.45, 7) is 6.64. The summed E-state index contributed by atoms with van der Waals surface area (Å²) in [6, 6.07) is 7.59. The summed E-state index contributed by atoms with van der Waals surface area (Å²) in [6.07, 6.45) is 0.670. The Hall–Kier alpha value is -1.88. The van der Waals surface area contributed by atoms with Crippen molar-refractivity contribution < 1.29 is 14.6 Å². The van der Waals surface area contributed by atoms with Crippen molar-refractivity contribution in [3.63, 3.8) is 0 Å². The van der Waals surface area contributed by atoms with Gasteiger partial charge in [-0.15, -0.1) is 11.3 Å². The van der Waals surface area contributed by atoms with E-state index in [1.807, 2.05) is 31.2 Å². The third-order valence-corrected chi connectivity index (χ3v) is 4.02. The Bertz CT molecular complexity index is 634. The highest BCUT2D eigenvalue weighted by atomic mass is 32.1. The summed E-state index contributed by atoms with van der Waals surface area (Å²) in [7, 11) is 0. The smallest absolute Gasteiger partial charge is 0.347 e. The molecular formula is C16H19NO3S. The predicted molar refractivity (Wildman–Crippen MR) is 84.2 cm³/mol. The summed E-state index contributed by atoms with van der Waals surface area (Å²) >= 11 is 1.22. The molecule has 0 saturated heterocycles. The summed E-state index contributed by atoms with van der Waals surface area (Å²) in [5.74, 6) is 0.232. The first kappa shape index (κ1) is 15.5. The van der Waals surface area contributed by atoms with E-state index < -0.39 is 5.97 Å². The molecule has 0 aliphatic carbocycles. The second kappa shape index (κ2) is 6.72. The van der Waals surface area contributed by atoms with E-state index in [4.69, 9.17) is 4.74 Å². The first-order valence-electron chi connectivity index (χ1n) is 6.97. The summed E-state index contributed by atoms with van der Waals surface area (Å²) < 4.78 is 5.48. The number of aromatic carboxylic acids is 1. The molecule has 0 atom stereocenters. The standard InChI is InChI=1S/C16H19NO3S/c1-4-20-12-7-5-6-11(9-12)15-17-13(8-10(2)3)14(21-15)16(18)19/h5-7,9-10H,4,8H2,1-3H3,(H,18,19). The van der Waals surface area contributed by atoms with Crippen molar-refractivity contribution in [2.24, 2.45) is 5.92 Å². The fraction of sp³-hybridized carbons (Fsp3) is 0.375. The SMILES string of the molecule is CCOc1cccc(-c2nc(CC(C)C)c(C(=O)O)s2)c1. The van der Waals surface area contributed by atoms with Gasteiger partial charge >= 0.3 is 5.97 Å². The van der Waals surface area contributed by atoms with E-state index in [2.05, 4.69) is 18.8 Å². The van der Waals surface area contributed by atoms with Crippen LogP contribution in [0.5, 0.6) is 5.75 Å². The molecule has 0 radical (unpaired) electrons. The highest BCUT2D eigenvalue weighted by molar-refractivity contribution is 7.17. The van der Waals surface area contributed by atoms with Gasteiger partial charge in [-0.3, -0.25) is 0 Å². The molecular weight excluding hydrogens is 286 g/mol. The van der Waals surface area contributed by atoms with E-state index in [9.17, 15) is 9.90 Å². The highest BCUT2D eigenvalue weighted by Crippen LogP contribution is 2.31. The lowest BCUT2D eigenvalue weighted by molar-refractivity contribution is 0.0700. The maximum atomic E-state index is 11.4. The van der Waals surface area contributed by atoms with Crippen LogP contribution >= 0.6 is 11.3 Å². The van der Waals surface area contributed by atoms with Crippen molar-refractivity contribution in [2.45, 2.75) is 27.2 Å². The average Bonchev–Trinajstić information content (AvgIpc) is 2.83. The fourth-order valence-corrected chi connectivity index (χ4v) is 2.98. The maximum absolute atomic E-state index is 11.4. The van der Waals surface area contributed by atoms with Crippen LogP contribution in [0.4, 0.5) is 0 Å². The molecule has 2 aromatic rings. The third-order valence-electron chi connectivity index (χ3n) is 2.89. The molecule has 0 spiro atoms. The zero-order valence-corrected chi connectivity index (χ0v) is 13.2. The van der Waals surface area contributed by atoms with E-state index >= 15 is 0 Å². The topological polar surface area (TPSA) is 59.4 Å². The molecule has 0 aliphatic rings. The highest BCUT2D eigenvalue weighted by Gasteiger charge is 2.19. The molecule has 0 unspecified atom stereocenters. The summed E-state index contributed by atoms with van der Waals surface area (Å²) in [5.41, 5.74) is 1.56. The van der Waals surface area contributed by atoms with Crippen molar-refractivity contribution >= 4 is 17.3 Å². The Labute approximate surface area is 128 Å². The van der Waals surface area contributed by atoms with E-state index in [0.29, 0.717) is 29.5 Å². The predicted octanol–water partition coefficient (Wildman–Crippen LogP) is 4.11. The second-order valence-electron chi connectivity index (χ2n) is 5.16. The second-order valence-corrected chi connectivity index (χ2v) is 6.16. The minimum absolute atomic E-state index is 0.334. The molecule has 0 bridgehead atoms. The van der Waals surface area contributed by atoms with Crippen LogP contribution in [0.15, 0.2) is 24.3 Å². The van der Waals surface area contributed by atoms with Crippen molar-refractivity contribution in [1.82, 2.24) is 4.98 Å². The van der Waals surface area contributed by atoms with Gasteiger partial charge in [0.05, 0.1) is 12.3 Å². The number of ether oxygens (including phenoxy) is 1. The lowest BCUT2D eigenvalue weighted by Crippen LogP contribution is -2.02. The van der Waals surface area contributed by atoms with Gasteiger partial charge in [-0.05, 0) is 31.4 Å². The van der Waals surface area contributed by atoms with Gasteiger partial charge in [-0.25, -0.2) is 9.78 Å². The van der Waals surface area contributed by atoms with Crippen LogP contribution in [0.1, 0.15) is 36.1 Å². The van der Waals surface area contributed by atoms with Crippen LogP contribution in [0.2, 0.25) is 0 Å². The lowest BCUT2D eigenvalue weighted by atomic mass is 10.1. The molecule has 4 nitrogen and oxygen atoms in total. The number of nitrogens with zero attached hydrogens (tertiary/aromatic N) is 1. The number of hydrogen-bond donors (Lipinski definition) is 1. The largest absolute Gasteiger partial charge is 0.494 e. The van der Waals surface area contributed by atoms with Crippen molar-refractivity contribution in [3.05, 3.63) is 34.8 Å². The van der Waals surface area contributed by atoms with Crippen molar-refractivity contribution in [1.29, 1.82) is 0 Å². The van der Waals surface area contributed by atoms with Gasteiger partial charge in [0.25, 0.3) is 0 Å². The van der Waals surface area contributed by atoms with Crippen LogP contribution in [-0.4, -0.2) is 22.7 Å². The average molecular weight is 305 g/mol. The Morgan fingerprint density at radius 3 is 2.81 bits per heavy atom. The summed E-state index contributed by atoms with van der Waals surface area (Å²) in [5, 5.41) is 10.0. The molecule has 1 N–H and O–H groups in total. The Balaban J connectivity index is 2.39. The van der Waals surface area contributed by atoms with Gasteiger partial charge in [0, 0.05) is 5.56 Å². The molecule has 5 heteroatoms. The van der Waals surface area contributed by atoms with Gasteiger partial charge in [-0.1, -0.05) is 26.0 Å². The number of aromatic nitrogens is 1. The van der Waals surface area contributed by atoms with Gasteiger partial charge in [0.1, 0.15) is 15.6 Å². The molecule has 0 amide bonds. The maximum Gasteiger partial charge on any atom is 0.347 e. The molecule has 0 fully saturated rings. The van der Waals surface area contributed by atoms with Crippen LogP contribution in [0.25, 0.3) is 10.6 Å². The monoisotopic (exact) mass is 305 g/mol. The number of carboxylic acids is 1. The molecule has 2 rings (SSSR count). The van der Waals surface area contributed by atoms with Crippen LogP contribution in [0, 0.1) is 5.92 Å². The minimum Gasteiger partial charge on any atom is -0.494 e. The minimum atomic E-state index is -0.907. The molecule has 21 heavy (non-hydrogen) atoms. The molecule has 112 valence electrons. The van der Waals surface area contributed by atoms with E-state index in [0.717, 1.165) is 16.3 Å². The Morgan fingerprint density at radius 1 is 1.43 bits per heavy atom. The van der Waals surface area contributed by atoms with Gasteiger partial charge < -0.3 is 9.84 Å². The van der Waals surface area contributed by atoms with E-state index in [-0.39, 0.29) is 0 Å². The van der Waals surface area contributed by atoms with E-state index in [1.54, 1.807) is 0 Å². The van der Waals surface area contributed by atoms with Crippen LogP contribution in [0.3, 0.4) is 0 Å². The molecule has 1 aromatic carbocycles. The van der Waals surface area contributed by atoms with Crippen LogP contribution in [-0.2, 0) is 6.42 Å². The fourth-order valence-electron chi connectivity index (χ4n) is 2.05. The van der Waals surface area contributed by atoms with Gasteiger partial charge in [0.2, 0.25) is 0 Å². The quantitative estimate of drug-likeness (QED) is 0.872. The first-order valence-corrected chi connectivity index (χ1v) is 7.79. The lowest BCUT2D eigenvalue weighted by Gasteiger charge is -2.04. The molecule has 0 saturated carbocycles. The molecule has 1 aromatic heterocycles. The number of carbonyl (C=O) groups is 1. The Kier molecular flexibility index (Phi) is 4.96. The van der Waals surface area contributed by atoms with E-state index in [1.165, 1.54) is 11.3 Å². The number of carboxylic acid groups (broad SMARTS) is 1. The Morgan fingerprint density at radius 2 is 2.19 bits per heavy atom. The molecule has 0 aliphatic heterocycles. The van der Waals surface area contributed by atoms with Gasteiger partial charge in [-0.2, -0.15) is 0 Å².